The van der Waals surface area contributed by atoms with Gasteiger partial charge in [0.25, 0.3) is 5.91 Å². The Morgan fingerprint density at radius 2 is 2.22 bits per heavy atom. The normalized spacial score (nSPS) is 14.1. The minimum Gasteiger partial charge on any atom is -0.465 e. The van der Waals surface area contributed by atoms with Gasteiger partial charge in [-0.15, -0.1) is 6.58 Å². The molecule has 8 heteroatoms. The highest BCUT2D eigenvalue weighted by Gasteiger charge is 2.42. The van der Waals surface area contributed by atoms with E-state index in [1.54, 1.807) is 0 Å². The number of allylic oxidation sites excluding steroid dienone is 1. The molecule has 124 valence electrons. The number of H-pyrrole nitrogens is 1. The number of amides is 1. The van der Waals surface area contributed by atoms with E-state index in [2.05, 4.69) is 16.3 Å². The monoisotopic (exact) mass is 326 g/mol. The van der Waals surface area contributed by atoms with Crippen molar-refractivity contribution in [1.82, 2.24) is 9.88 Å². The molecule has 1 aromatic heterocycles. The van der Waals surface area contributed by atoms with E-state index in [0.717, 1.165) is 18.1 Å². The van der Waals surface area contributed by atoms with Crippen LogP contribution < -0.4 is 5.43 Å². The highest BCUT2D eigenvalue weighted by molar-refractivity contribution is 5.89. The Hall–Kier alpha value is -2.51. The zero-order valence-electron chi connectivity index (χ0n) is 12.5. The third kappa shape index (κ3) is 3.15. The lowest BCUT2D eigenvalue weighted by molar-refractivity contribution is -0.158. The summed E-state index contributed by atoms with van der Waals surface area (Å²) in [6.45, 7) is 2.99. The number of esters is 1. The van der Waals surface area contributed by atoms with Crippen molar-refractivity contribution in [2.75, 3.05) is 13.7 Å². The molecule has 0 bridgehead atoms. The van der Waals surface area contributed by atoms with E-state index < -0.39 is 29.6 Å². The van der Waals surface area contributed by atoms with E-state index in [1.807, 2.05) is 0 Å². The second-order valence-corrected chi connectivity index (χ2v) is 5.15. The molecule has 0 radical (unpaired) electrons. The first-order chi connectivity index (χ1) is 10.8. The summed E-state index contributed by atoms with van der Waals surface area (Å²) in [4.78, 5) is 39.5. The van der Waals surface area contributed by atoms with Gasteiger partial charge in [-0.3, -0.25) is 9.59 Å². The first kappa shape index (κ1) is 16.9. The van der Waals surface area contributed by atoms with Crippen molar-refractivity contribution in [2.24, 2.45) is 0 Å². The quantitative estimate of drug-likeness (QED) is 0.667. The van der Waals surface area contributed by atoms with Gasteiger partial charge in [0.2, 0.25) is 5.43 Å². The number of hydrogen-bond acceptors (Lipinski definition) is 4. The van der Waals surface area contributed by atoms with Crippen molar-refractivity contribution in [3.8, 4) is 0 Å². The molecule has 1 aliphatic heterocycles. The number of halogens is 2. The molecule has 1 N–H and O–H groups in total. The Labute approximate surface area is 130 Å². The second-order valence-electron chi connectivity index (χ2n) is 5.15. The maximum Gasteiger partial charge on any atom is 0.343 e. The number of aromatic nitrogens is 1. The van der Waals surface area contributed by atoms with Gasteiger partial charge in [0, 0.05) is 36.8 Å². The van der Waals surface area contributed by atoms with Gasteiger partial charge in [0.1, 0.15) is 5.56 Å². The Bertz CT molecular complexity index is 712. The summed E-state index contributed by atoms with van der Waals surface area (Å²) in [7, 11) is 1.13. The fraction of sp³-hybridized carbons (Fsp3) is 0.400. The SMILES string of the molecule is C=CCC(F)(F)C(=O)N1CCc2[nH]cc(C(=O)OC)c(=O)c2C1. The molecule has 0 aromatic carbocycles. The van der Waals surface area contributed by atoms with Crippen molar-refractivity contribution in [2.45, 2.75) is 25.3 Å². The second kappa shape index (κ2) is 6.31. The van der Waals surface area contributed by atoms with Gasteiger partial charge in [-0.25, -0.2) is 4.79 Å². The molecule has 0 unspecified atom stereocenters. The minimum atomic E-state index is -3.56. The van der Waals surface area contributed by atoms with Crippen LogP contribution in [0.15, 0.2) is 23.6 Å². The van der Waals surface area contributed by atoms with Crippen molar-refractivity contribution in [1.29, 1.82) is 0 Å². The largest absolute Gasteiger partial charge is 0.465 e. The van der Waals surface area contributed by atoms with Crippen LogP contribution in [0, 0.1) is 0 Å². The van der Waals surface area contributed by atoms with Gasteiger partial charge < -0.3 is 14.6 Å². The topological polar surface area (TPSA) is 79.5 Å². The Morgan fingerprint density at radius 1 is 1.52 bits per heavy atom. The number of carbonyl (C=O) groups is 2. The fourth-order valence-electron chi connectivity index (χ4n) is 2.45. The van der Waals surface area contributed by atoms with Crippen molar-refractivity contribution < 1.29 is 23.1 Å². The average Bonchev–Trinajstić information content (AvgIpc) is 2.53. The molecule has 1 aliphatic rings. The van der Waals surface area contributed by atoms with Crippen LogP contribution in [0.1, 0.15) is 28.0 Å². The predicted molar refractivity (Wildman–Crippen MR) is 77.3 cm³/mol. The van der Waals surface area contributed by atoms with Crippen molar-refractivity contribution in [3.05, 3.63) is 45.9 Å². The number of pyridine rings is 1. The van der Waals surface area contributed by atoms with Crippen LogP contribution in [0.4, 0.5) is 8.78 Å². The zero-order valence-corrected chi connectivity index (χ0v) is 12.5. The molecule has 23 heavy (non-hydrogen) atoms. The Morgan fingerprint density at radius 3 is 2.83 bits per heavy atom. The summed E-state index contributed by atoms with van der Waals surface area (Å²) in [5, 5.41) is 0. The highest BCUT2D eigenvalue weighted by Crippen LogP contribution is 2.25. The number of aromatic amines is 1. The number of methoxy groups -OCH3 is 1. The smallest absolute Gasteiger partial charge is 0.343 e. The molecular weight excluding hydrogens is 310 g/mol. The molecule has 0 spiro atoms. The van der Waals surface area contributed by atoms with E-state index >= 15 is 0 Å². The van der Waals surface area contributed by atoms with E-state index in [1.165, 1.54) is 6.20 Å². The van der Waals surface area contributed by atoms with E-state index in [-0.39, 0.29) is 30.6 Å². The van der Waals surface area contributed by atoms with Gasteiger partial charge in [0.05, 0.1) is 13.7 Å². The zero-order chi connectivity index (χ0) is 17.2. The van der Waals surface area contributed by atoms with Crippen molar-refractivity contribution >= 4 is 11.9 Å². The van der Waals surface area contributed by atoms with Crippen LogP contribution in [0.5, 0.6) is 0 Å². The first-order valence-corrected chi connectivity index (χ1v) is 6.91. The van der Waals surface area contributed by atoms with Crippen molar-refractivity contribution in [3.63, 3.8) is 0 Å². The molecule has 2 heterocycles. The van der Waals surface area contributed by atoms with E-state index in [4.69, 9.17) is 0 Å². The Balaban J connectivity index is 2.33. The lowest BCUT2D eigenvalue weighted by atomic mass is 10.0. The van der Waals surface area contributed by atoms with Gasteiger partial charge >= 0.3 is 11.9 Å². The van der Waals surface area contributed by atoms with Gasteiger partial charge in [-0.1, -0.05) is 6.08 Å². The van der Waals surface area contributed by atoms with Crippen LogP contribution in [0.2, 0.25) is 0 Å². The molecule has 0 fully saturated rings. The molecule has 0 atom stereocenters. The fourth-order valence-corrected chi connectivity index (χ4v) is 2.45. The van der Waals surface area contributed by atoms with Gasteiger partial charge in [0.15, 0.2) is 0 Å². The number of fused-ring (bicyclic) bond motifs is 1. The number of ether oxygens (including phenoxy) is 1. The van der Waals surface area contributed by atoms with E-state index in [9.17, 15) is 23.2 Å². The summed E-state index contributed by atoms with van der Waals surface area (Å²) in [6, 6.07) is 0. The van der Waals surface area contributed by atoms with Crippen LogP contribution in [0.25, 0.3) is 0 Å². The number of rotatable bonds is 4. The summed E-state index contributed by atoms with van der Waals surface area (Å²) in [5.74, 6) is -5.74. The summed E-state index contributed by atoms with van der Waals surface area (Å²) in [6.07, 6.45) is 1.66. The molecule has 1 amide bonds. The van der Waals surface area contributed by atoms with Crippen LogP contribution in [-0.4, -0.2) is 41.3 Å². The number of nitrogens with one attached hydrogen (secondary N) is 1. The molecule has 2 rings (SSSR count). The summed E-state index contributed by atoms with van der Waals surface area (Å²) >= 11 is 0. The molecular formula is C15H16F2N2O4. The number of carbonyl (C=O) groups excluding carboxylic acids is 2. The predicted octanol–water partition coefficient (Wildman–Crippen LogP) is 1.26. The molecule has 6 nitrogen and oxygen atoms in total. The third-order valence-corrected chi connectivity index (χ3v) is 3.66. The third-order valence-electron chi connectivity index (χ3n) is 3.66. The van der Waals surface area contributed by atoms with Gasteiger partial charge in [-0.2, -0.15) is 8.78 Å². The maximum absolute atomic E-state index is 13.7. The lowest BCUT2D eigenvalue weighted by Crippen LogP contribution is -2.47. The van der Waals surface area contributed by atoms with Crippen LogP contribution in [-0.2, 0) is 22.5 Å². The Kier molecular flexibility index (Phi) is 4.63. The van der Waals surface area contributed by atoms with Crippen LogP contribution in [0.3, 0.4) is 0 Å². The lowest BCUT2D eigenvalue weighted by Gasteiger charge is -2.30. The molecule has 0 saturated carbocycles. The standard InChI is InChI=1S/C15H16F2N2O4/c1-3-5-15(16,17)14(22)19-6-4-11-10(8-19)12(20)9(7-18-11)13(21)23-2/h3,7H,1,4-6,8H2,2H3,(H,18,20). The minimum absolute atomic E-state index is 0.0616. The molecule has 0 aliphatic carbocycles. The van der Waals surface area contributed by atoms with Crippen LogP contribution >= 0.6 is 0 Å². The van der Waals surface area contributed by atoms with Gasteiger partial charge in [-0.05, 0) is 0 Å². The highest BCUT2D eigenvalue weighted by atomic mass is 19.3. The summed E-state index contributed by atoms with van der Waals surface area (Å²) in [5.41, 5.74) is -0.186. The average molecular weight is 326 g/mol. The van der Waals surface area contributed by atoms with E-state index in [0.29, 0.717) is 5.69 Å². The number of alkyl halides is 2. The summed E-state index contributed by atoms with van der Waals surface area (Å²) < 4.78 is 31.9. The maximum atomic E-state index is 13.7. The molecule has 1 aromatic rings. The number of nitrogens with zero attached hydrogens (tertiary/aromatic N) is 1. The first-order valence-electron chi connectivity index (χ1n) is 6.91. The number of hydrogen-bond donors (Lipinski definition) is 1. The molecule has 0 saturated heterocycles.